The van der Waals surface area contributed by atoms with Crippen LogP contribution in [0.15, 0.2) is 18.2 Å². The highest BCUT2D eigenvalue weighted by Crippen LogP contribution is 2.36. The number of benzene rings is 1. The van der Waals surface area contributed by atoms with E-state index in [0.717, 1.165) is 28.7 Å². The first kappa shape index (κ1) is 11.7. The van der Waals surface area contributed by atoms with Crippen molar-refractivity contribution in [2.75, 3.05) is 19.6 Å². The molecule has 108 valence electrons. The van der Waals surface area contributed by atoms with E-state index in [0.29, 0.717) is 18.5 Å². The third-order valence-corrected chi connectivity index (χ3v) is 5.50. The first-order valence-electron chi connectivity index (χ1n) is 7.80. The monoisotopic (exact) mass is 282 g/mol. The third-order valence-electron chi connectivity index (χ3n) is 5.50. The molecule has 6 rings (SSSR count). The lowest BCUT2D eigenvalue weighted by atomic mass is 9.82. The van der Waals surface area contributed by atoms with Crippen molar-refractivity contribution < 1.29 is 4.79 Å². The van der Waals surface area contributed by atoms with Gasteiger partial charge in [0.25, 0.3) is 5.91 Å². The molecular weight excluding hydrogens is 264 g/mol. The molecule has 5 heteroatoms. The molecule has 3 fully saturated rings. The third kappa shape index (κ3) is 1.55. The topological polar surface area (TPSA) is 52.2 Å². The van der Waals surface area contributed by atoms with Crippen LogP contribution < -0.4 is 0 Å². The number of rotatable bonds is 1. The average molecular weight is 282 g/mol. The molecule has 2 bridgehead atoms. The number of hydrogen-bond acceptors (Lipinski definition) is 3. The van der Waals surface area contributed by atoms with Crippen LogP contribution in [0.5, 0.6) is 0 Å². The largest absolute Gasteiger partial charge is 0.328 e. The Morgan fingerprint density at radius 2 is 2.10 bits per heavy atom. The Bertz CT molecular complexity index is 729. The number of carbonyl (C=O) groups excluding carboxylic acids is 1. The number of nitrogens with zero attached hydrogens (tertiary/aromatic N) is 3. The Morgan fingerprint density at radius 3 is 2.86 bits per heavy atom. The number of aromatic amines is 1. The van der Waals surface area contributed by atoms with Crippen molar-refractivity contribution in [1.29, 1.82) is 0 Å². The van der Waals surface area contributed by atoms with Crippen LogP contribution in [-0.2, 0) is 6.54 Å². The van der Waals surface area contributed by atoms with Crippen molar-refractivity contribution in [2.45, 2.75) is 25.4 Å². The number of nitrogens with one attached hydrogen (secondary N) is 1. The quantitative estimate of drug-likeness (QED) is 0.864. The molecule has 1 aromatic heterocycles. The molecule has 2 aromatic rings. The predicted molar refractivity (Wildman–Crippen MR) is 78.9 cm³/mol. The second kappa shape index (κ2) is 4.07. The highest BCUT2D eigenvalue weighted by atomic mass is 16.2. The van der Waals surface area contributed by atoms with Crippen molar-refractivity contribution >= 4 is 16.8 Å². The number of H-pyrrole nitrogens is 1. The van der Waals surface area contributed by atoms with Crippen molar-refractivity contribution in [1.82, 2.24) is 20.0 Å². The fourth-order valence-corrected chi connectivity index (χ4v) is 4.38. The average Bonchev–Trinajstić information content (AvgIpc) is 2.96. The lowest BCUT2D eigenvalue weighted by molar-refractivity contribution is 0.00367. The van der Waals surface area contributed by atoms with Crippen LogP contribution in [0.25, 0.3) is 10.9 Å². The number of fused-ring (bicyclic) bond motifs is 3. The van der Waals surface area contributed by atoms with E-state index in [2.05, 4.69) is 20.0 Å². The van der Waals surface area contributed by atoms with Gasteiger partial charge in [-0.3, -0.25) is 9.89 Å². The Balaban J connectivity index is 1.57. The van der Waals surface area contributed by atoms with Crippen LogP contribution in [0.3, 0.4) is 0 Å². The van der Waals surface area contributed by atoms with Crippen LogP contribution in [0, 0.1) is 5.92 Å². The summed E-state index contributed by atoms with van der Waals surface area (Å²) in [6, 6.07) is 6.21. The Hall–Kier alpha value is -1.88. The van der Waals surface area contributed by atoms with Crippen LogP contribution in [0.4, 0.5) is 0 Å². The van der Waals surface area contributed by atoms with Crippen molar-refractivity contribution in [2.24, 2.45) is 5.92 Å². The number of aromatic nitrogens is 2. The van der Waals surface area contributed by atoms with Gasteiger partial charge in [-0.2, -0.15) is 5.10 Å². The van der Waals surface area contributed by atoms with Crippen molar-refractivity contribution in [3.63, 3.8) is 0 Å². The van der Waals surface area contributed by atoms with E-state index in [1.54, 1.807) is 0 Å². The van der Waals surface area contributed by atoms with Gasteiger partial charge in [0.15, 0.2) is 0 Å². The molecule has 4 aliphatic heterocycles. The number of amides is 1. The maximum atomic E-state index is 12.9. The highest BCUT2D eigenvalue weighted by molar-refractivity contribution is 6.09. The number of hydrogen-bond donors (Lipinski definition) is 1. The lowest BCUT2D eigenvalue weighted by Gasteiger charge is -2.49. The maximum Gasteiger partial charge on any atom is 0.255 e. The zero-order chi connectivity index (χ0) is 14.0. The van der Waals surface area contributed by atoms with Gasteiger partial charge < -0.3 is 9.80 Å². The van der Waals surface area contributed by atoms with Crippen LogP contribution in [0.2, 0.25) is 0 Å². The summed E-state index contributed by atoms with van der Waals surface area (Å²) in [6.07, 6.45) is 2.46. The molecule has 0 radical (unpaired) electrons. The van der Waals surface area contributed by atoms with Gasteiger partial charge in [0.1, 0.15) is 0 Å². The molecule has 3 saturated heterocycles. The molecule has 21 heavy (non-hydrogen) atoms. The molecule has 0 spiro atoms. The zero-order valence-corrected chi connectivity index (χ0v) is 11.9. The molecule has 1 amide bonds. The van der Waals surface area contributed by atoms with Crippen molar-refractivity contribution in [3.8, 4) is 0 Å². The van der Waals surface area contributed by atoms with E-state index in [4.69, 9.17) is 0 Å². The minimum Gasteiger partial charge on any atom is -0.328 e. The summed E-state index contributed by atoms with van der Waals surface area (Å²) in [5, 5.41) is 8.50. The summed E-state index contributed by atoms with van der Waals surface area (Å²) in [5.41, 5.74) is 2.82. The summed E-state index contributed by atoms with van der Waals surface area (Å²) in [7, 11) is 0. The molecule has 5 heterocycles. The molecule has 0 unspecified atom stereocenters. The molecule has 1 N–H and O–H groups in total. The SMILES string of the molecule is O=C1c2cccc3n[nH]c(c23)CN1[C@H]1CN2CCC1CC2. The fraction of sp³-hybridized carbons (Fsp3) is 0.500. The number of piperidine rings is 3. The van der Waals surface area contributed by atoms with E-state index < -0.39 is 0 Å². The predicted octanol–water partition coefficient (Wildman–Crippen LogP) is 1.61. The first-order chi connectivity index (χ1) is 10.3. The van der Waals surface area contributed by atoms with Gasteiger partial charge in [-0.1, -0.05) is 6.07 Å². The van der Waals surface area contributed by atoms with Gasteiger partial charge in [0.05, 0.1) is 23.3 Å². The van der Waals surface area contributed by atoms with E-state index in [-0.39, 0.29) is 5.91 Å². The fourth-order valence-electron chi connectivity index (χ4n) is 4.38. The normalized spacial score (nSPS) is 31.1. The van der Waals surface area contributed by atoms with Gasteiger partial charge in [-0.05, 0) is 44.0 Å². The first-order valence-corrected chi connectivity index (χ1v) is 7.80. The lowest BCUT2D eigenvalue weighted by Crippen LogP contribution is -2.58. The minimum absolute atomic E-state index is 0.188. The summed E-state index contributed by atoms with van der Waals surface area (Å²) in [4.78, 5) is 17.5. The van der Waals surface area contributed by atoms with Gasteiger partial charge in [-0.25, -0.2) is 0 Å². The second-order valence-electron chi connectivity index (χ2n) is 6.54. The summed E-state index contributed by atoms with van der Waals surface area (Å²) >= 11 is 0. The van der Waals surface area contributed by atoms with Gasteiger partial charge in [0.2, 0.25) is 0 Å². The molecule has 5 nitrogen and oxygen atoms in total. The zero-order valence-electron chi connectivity index (χ0n) is 11.9. The molecule has 1 atom stereocenters. The Labute approximate surface area is 122 Å². The Kier molecular flexibility index (Phi) is 2.28. The molecule has 1 aromatic carbocycles. The van der Waals surface area contributed by atoms with Crippen LogP contribution in [0.1, 0.15) is 28.9 Å². The maximum absolute atomic E-state index is 12.9. The molecule has 0 saturated carbocycles. The van der Waals surface area contributed by atoms with Gasteiger partial charge >= 0.3 is 0 Å². The molecule has 4 aliphatic rings. The highest BCUT2D eigenvalue weighted by Gasteiger charge is 2.41. The number of carbonyl (C=O) groups is 1. The standard InChI is InChI=1S/C16H18N4O/c21-16-11-2-1-3-12-15(11)13(18-17-12)8-20(16)14-9-19-6-4-10(14)5-7-19/h1-3,10,14H,4-9H2,(H,17,18)/t14-/m0/s1. The smallest absolute Gasteiger partial charge is 0.255 e. The minimum atomic E-state index is 0.188. The second-order valence-corrected chi connectivity index (χ2v) is 6.54. The van der Waals surface area contributed by atoms with Crippen LogP contribution >= 0.6 is 0 Å². The summed E-state index contributed by atoms with van der Waals surface area (Å²) < 4.78 is 0. The molecular formula is C16H18N4O. The van der Waals surface area contributed by atoms with Crippen molar-refractivity contribution in [3.05, 3.63) is 29.5 Å². The summed E-state index contributed by atoms with van der Waals surface area (Å²) in [6.45, 7) is 4.12. The summed E-state index contributed by atoms with van der Waals surface area (Å²) in [5.74, 6) is 0.857. The van der Waals surface area contributed by atoms with Gasteiger partial charge in [-0.15, -0.1) is 0 Å². The van der Waals surface area contributed by atoms with E-state index in [1.807, 2.05) is 18.2 Å². The molecule has 0 aliphatic carbocycles. The van der Waals surface area contributed by atoms with E-state index in [9.17, 15) is 4.79 Å². The van der Waals surface area contributed by atoms with E-state index >= 15 is 0 Å². The van der Waals surface area contributed by atoms with Crippen LogP contribution in [-0.4, -0.2) is 51.6 Å². The van der Waals surface area contributed by atoms with Gasteiger partial charge in [0, 0.05) is 18.0 Å². The Morgan fingerprint density at radius 1 is 1.24 bits per heavy atom. The van der Waals surface area contributed by atoms with E-state index in [1.165, 1.54) is 25.9 Å².